The highest BCUT2D eigenvalue weighted by Gasteiger charge is 2.12. The summed E-state index contributed by atoms with van der Waals surface area (Å²) in [6.07, 6.45) is 5.30. The van der Waals surface area contributed by atoms with Gasteiger partial charge in [0, 0.05) is 49.4 Å². The lowest BCUT2D eigenvalue weighted by molar-refractivity contribution is -0.116. The molecule has 2 aromatic carbocycles. The third-order valence-electron chi connectivity index (χ3n) is 5.06. The highest BCUT2D eigenvalue weighted by atomic mass is 32.1. The summed E-state index contributed by atoms with van der Waals surface area (Å²) in [6.45, 7) is 3.11. The number of hydrogen-bond donors (Lipinski definition) is 2. The lowest BCUT2D eigenvalue weighted by atomic mass is 10.0. The van der Waals surface area contributed by atoms with Crippen molar-refractivity contribution in [2.75, 3.05) is 31.0 Å². The summed E-state index contributed by atoms with van der Waals surface area (Å²) in [5.74, 6) is 0.471. The van der Waals surface area contributed by atoms with Crippen LogP contribution >= 0.6 is 11.3 Å². The Balaban J connectivity index is 1.67. The van der Waals surface area contributed by atoms with Crippen LogP contribution < -0.4 is 15.4 Å². The SMILES string of the molecule is CCCC(=O)Nc1ccc(CCc2cc(OCCCOC)cc(C(=O)Nc3nccs3)c2)cc1. The third-order valence-corrected chi connectivity index (χ3v) is 5.75. The molecule has 0 aliphatic rings. The van der Waals surface area contributed by atoms with Crippen molar-refractivity contribution in [1.29, 1.82) is 0 Å². The van der Waals surface area contributed by atoms with Gasteiger partial charge < -0.3 is 14.8 Å². The monoisotopic (exact) mass is 481 g/mol. The van der Waals surface area contributed by atoms with E-state index in [-0.39, 0.29) is 11.8 Å². The van der Waals surface area contributed by atoms with Gasteiger partial charge in [-0.05, 0) is 60.7 Å². The van der Waals surface area contributed by atoms with Crippen molar-refractivity contribution in [2.45, 2.75) is 39.0 Å². The Hall–Kier alpha value is -3.23. The number of nitrogens with zero attached hydrogens (tertiary/aromatic N) is 1. The molecule has 3 aromatic rings. The zero-order valence-electron chi connectivity index (χ0n) is 19.6. The van der Waals surface area contributed by atoms with Gasteiger partial charge in [0.1, 0.15) is 5.75 Å². The van der Waals surface area contributed by atoms with Crippen LogP contribution in [0.4, 0.5) is 10.8 Å². The van der Waals surface area contributed by atoms with Crippen molar-refractivity contribution in [2.24, 2.45) is 0 Å². The predicted octanol–water partition coefficient (Wildman–Crippen LogP) is 5.33. The van der Waals surface area contributed by atoms with Gasteiger partial charge in [-0.25, -0.2) is 4.98 Å². The molecule has 1 heterocycles. The van der Waals surface area contributed by atoms with E-state index in [1.165, 1.54) is 11.3 Å². The summed E-state index contributed by atoms with van der Waals surface area (Å²) < 4.78 is 11.0. The van der Waals surface area contributed by atoms with Crippen LogP contribution in [0, 0.1) is 0 Å². The van der Waals surface area contributed by atoms with Gasteiger partial charge in [-0.1, -0.05) is 19.1 Å². The van der Waals surface area contributed by atoms with Crippen molar-refractivity contribution in [3.63, 3.8) is 0 Å². The number of ether oxygens (including phenoxy) is 2. The van der Waals surface area contributed by atoms with E-state index in [1.54, 1.807) is 19.4 Å². The van der Waals surface area contributed by atoms with Gasteiger partial charge in [-0.3, -0.25) is 14.9 Å². The van der Waals surface area contributed by atoms with Crippen LogP contribution in [-0.4, -0.2) is 37.1 Å². The average molecular weight is 482 g/mol. The van der Waals surface area contributed by atoms with Crippen LogP contribution in [0.5, 0.6) is 5.75 Å². The Morgan fingerprint density at radius 3 is 2.50 bits per heavy atom. The minimum Gasteiger partial charge on any atom is -0.493 e. The van der Waals surface area contributed by atoms with E-state index < -0.39 is 0 Å². The molecule has 0 aliphatic heterocycles. The summed E-state index contributed by atoms with van der Waals surface area (Å²) >= 11 is 1.37. The quantitative estimate of drug-likeness (QED) is 0.322. The summed E-state index contributed by atoms with van der Waals surface area (Å²) in [6, 6.07) is 13.5. The predicted molar refractivity (Wildman–Crippen MR) is 136 cm³/mol. The van der Waals surface area contributed by atoms with Crippen molar-refractivity contribution >= 4 is 34.0 Å². The fraction of sp³-hybridized carbons (Fsp3) is 0.346. The molecule has 0 radical (unpaired) electrons. The molecule has 0 aliphatic carbocycles. The second-order valence-electron chi connectivity index (χ2n) is 7.85. The van der Waals surface area contributed by atoms with Gasteiger partial charge in [-0.15, -0.1) is 11.3 Å². The molecule has 0 atom stereocenters. The number of anilines is 2. The zero-order valence-corrected chi connectivity index (χ0v) is 20.5. The number of carbonyl (C=O) groups is 2. The van der Waals surface area contributed by atoms with Gasteiger partial charge in [0.15, 0.2) is 5.13 Å². The van der Waals surface area contributed by atoms with Gasteiger partial charge in [-0.2, -0.15) is 0 Å². The minimum atomic E-state index is -0.217. The summed E-state index contributed by atoms with van der Waals surface area (Å²) in [5, 5.41) is 8.11. The molecule has 3 rings (SSSR count). The largest absolute Gasteiger partial charge is 0.493 e. The number of benzene rings is 2. The lowest BCUT2D eigenvalue weighted by Crippen LogP contribution is -2.13. The Bertz CT molecular complexity index is 1050. The maximum absolute atomic E-state index is 12.8. The van der Waals surface area contributed by atoms with Crippen molar-refractivity contribution in [1.82, 2.24) is 4.98 Å². The first kappa shape index (κ1) is 25.4. The van der Waals surface area contributed by atoms with Crippen LogP contribution in [-0.2, 0) is 22.4 Å². The molecular weight excluding hydrogens is 450 g/mol. The number of carbonyl (C=O) groups excluding carboxylic acids is 2. The Morgan fingerprint density at radius 2 is 1.79 bits per heavy atom. The molecule has 0 bridgehead atoms. The number of aryl methyl sites for hydroxylation is 2. The van der Waals surface area contributed by atoms with E-state index in [0.29, 0.717) is 36.1 Å². The number of rotatable bonds is 13. The fourth-order valence-corrected chi connectivity index (χ4v) is 3.89. The van der Waals surface area contributed by atoms with Crippen LogP contribution in [0.25, 0.3) is 0 Å². The summed E-state index contributed by atoms with van der Waals surface area (Å²) in [7, 11) is 1.66. The molecule has 34 heavy (non-hydrogen) atoms. The smallest absolute Gasteiger partial charge is 0.257 e. The highest BCUT2D eigenvalue weighted by molar-refractivity contribution is 7.13. The maximum Gasteiger partial charge on any atom is 0.257 e. The number of methoxy groups -OCH3 is 1. The molecule has 7 nitrogen and oxygen atoms in total. The zero-order chi connectivity index (χ0) is 24.2. The first-order valence-corrected chi connectivity index (χ1v) is 12.3. The van der Waals surface area contributed by atoms with Crippen LogP contribution in [0.15, 0.2) is 54.0 Å². The van der Waals surface area contributed by atoms with Gasteiger partial charge in [0.2, 0.25) is 5.91 Å². The molecule has 2 amide bonds. The number of nitrogens with one attached hydrogen (secondary N) is 2. The topological polar surface area (TPSA) is 89.5 Å². The average Bonchev–Trinajstić information content (AvgIpc) is 3.34. The number of thiazole rings is 1. The Kier molecular flexibility index (Phi) is 10.1. The van der Waals surface area contributed by atoms with E-state index in [2.05, 4.69) is 15.6 Å². The summed E-state index contributed by atoms with van der Waals surface area (Å²) in [5.41, 5.74) is 3.49. The van der Waals surface area contributed by atoms with Gasteiger partial charge in [0.05, 0.1) is 6.61 Å². The normalized spacial score (nSPS) is 10.6. The molecule has 2 N–H and O–H groups in total. The van der Waals surface area contributed by atoms with Crippen LogP contribution in [0.1, 0.15) is 47.7 Å². The van der Waals surface area contributed by atoms with Crippen molar-refractivity contribution < 1.29 is 19.1 Å². The summed E-state index contributed by atoms with van der Waals surface area (Å²) in [4.78, 5) is 28.7. The second kappa shape index (κ2) is 13.5. The Labute approximate surface area is 204 Å². The van der Waals surface area contributed by atoms with Crippen molar-refractivity contribution in [3.05, 3.63) is 70.7 Å². The number of amides is 2. The third kappa shape index (κ3) is 8.28. The molecule has 8 heteroatoms. The standard InChI is InChI=1S/C26H31N3O4S/c1-3-5-24(30)28-22-10-8-19(9-11-22)6-7-20-16-21(25(31)29-26-27-12-15-34-26)18-23(17-20)33-14-4-13-32-2/h8-12,15-18H,3-7,13-14H2,1-2H3,(H,28,30)(H,27,29,31). The fourth-order valence-electron chi connectivity index (χ4n) is 3.36. The molecule has 1 aromatic heterocycles. The number of hydrogen-bond acceptors (Lipinski definition) is 6. The molecule has 0 saturated heterocycles. The highest BCUT2D eigenvalue weighted by Crippen LogP contribution is 2.22. The minimum absolute atomic E-state index is 0.0288. The Morgan fingerprint density at radius 1 is 1.00 bits per heavy atom. The molecule has 0 unspecified atom stereocenters. The van der Waals surface area contributed by atoms with Crippen molar-refractivity contribution in [3.8, 4) is 5.75 Å². The lowest BCUT2D eigenvalue weighted by Gasteiger charge is -2.12. The molecular formula is C26H31N3O4S. The van der Waals surface area contributed by atoms with Gasteiger partial charge >= 0.3 is 0 Å². The first-order valence-electron chi connectivity index (χ1n) is 11.4. The maximum atomic E-state index is 12.8. The second-order valence-corrected chi connectivity index (χ2v) is 8.74. The van der Waals surface area contributed by atoms with Crippen LogP contribution in [0.2, 0.25) is 0 Å². The van der Waals surface area contributed by atoms with E-state index >= 15 is 0 Å². The van der Waals surface area contributed by atoms with Crippen LogP contribution in [0.3, 0.4) is 0 Å². The van der Waals surface area contributed by atoms with Gasteiger partial charge in [0.25, 0.3) is 5.91 Å². The molecule has 0 fully saturated rings. The first-order chi connectivity index (χ1) is 16.6. The van der Waals surface area contributed by atoms with E-state index in [1.807, 2.05) is 48.7 Å². The van der Waals surface area contributed by atoms with E-state index in [0.717, 1.165) is 42.5 Å². The van der Waals surface area contributed by atoms with E-state index in [4.69, 9.17) is 9.47 Å². The molecule has 0 spiro atoms. The number of aromatic nitrogens is 1. The van der Waals surface area contributed by atoms with E-state index in [9.17, 15) is 9.59 Å². The molecule has 180 valence electrons. The molecule has 0 saturated carbocycles.